The smallest absolute Gasteiger partial charge is 0.236 e. The van der Waals surface area contributed by atoms with Crippen molar-refractivity contribution < 1.29 is 4.79 Å². The number of carbonyl (C=O) groups excluding carboxylic acids is 1. The van der Waals surface area contributed by atoms with E-state index in [9.17, 15) is 4.79 Å². The first kappa shape index (κ1) is 11.5. The molecule has 1 atom stereocenters. The first-order valence-corrected chi connectivity index (χ1v) is 5.75. The van der Waals surface area contributed by atoms with E-state index in [2.05, 4.69) is 17.6 Å². The summed E-state index contributed by atoms with van der Waals surface area (Å²) in [6.45, 7) is 5.75. The molecule has 0 bridgehead atoms. The van der Waals surface area contributed by atoms with Crippen LogP contribution in [0.2, 0.25) is 0 Å². The molecule has 3 heteroatoms. The molecule has 0 radical (unpaired) electrons. The van der Waals surface area contributed by atoms with Crippen molar-refractivity contribution in [1.29, 1.82) is 0 Å². The van der Waals surface area contributed by atoms with E-state index in [0.717, 1.165) is 25.4 Å². The lowest BCUT2D eigenvalue weighted by atomic mass is 10.2. The van der Waals surface area contributed by atoms with Gasteiger partial charge in [-0.25, -0.2) is 0 Å². The van der Waals surface area contributed by atoms with E-state index < -0.39 is 0 Å². The van der Waals surface area contributed by atoms with E-state index in [1.807, 2.05) is 6.92 Å². The normalized spacial score (nSPS) is 17.9. The lowest BCUT2D eigenvalue weighted by Crippen LogP contribution is -2.42. The number of rotatable bonds is 7. The minimum Gasteiger partial charge on any atom is -0.355 e. The van der Waals surface area contributed by atoms with E-state index in [0.29, 0.717) is 0 Å². The molecule has 0 aromatic heterocycles. The standard InChI is InChI=1S/C11H22N2O/c1-3-7-13-11(14)9(2)12-8-6-10-4-5-10/h9-10,12H,3-8H2,1-2H3,(H,13,14). The Kier molecular flexibility index (Phi) is 4.94. The largest absolute Gasteiger partial charge is 0.355 e. The summed E-state index contributed by atoms with van der Waals surface area (Å²) in [6.07, 6.45) is 5.00. The maximum Gasteiger partial charge on any atom is 0.236 e. The highest BCUT2D eigenvalue weighted by Gasteiger charge is 2.21. The zero-order valence-corrected chi connectivity index (χ0v) is 9.31. The highest BCUT2D eigenvalue weighted by molar-refractivity contribution is 5.81. The summed E-state index contributed by atoms with van der Waals surface area (Å²) in [5.74, 6) is 1.07. The van der Waals surface area contributed by atoms with Crippen molar-refractivity contribution in [1.82, 2.24) is 10.6 Å². The molecule has 82 valence electrons. The molecular weight excluding hydrogens is 176 g/mol. The highest BCUT2D eigenvalue weighted by Crippen LogP contribution is 2.31. The molecule has 1 saturated carbocycles. The second-order valence-corrected chi connectivity index (χ2v) is 4.20. The fourth-order valence-electron chi connectivity index (χ4n) is 1.40. The maximum absolute atomic E-state index is 11.4. The van der Waals surface area contributed by atoms with Gasteiger partial charge in [-0.05, 0) is 32.2 Å². The molecule has 0 aliphatic heterocycles. The molecular formula is C11H22N2O. The molecule has 1 rings (SSSR count). The van der Waals surface area contributed by atoms with Gasteiger partial charge in [-0.2, -0.15) is 0 Å². The van der Waals surface area contributed by atoms with Gasteiger partial charge in [-0.1, -0.05) is 19.8 Å². The van der Waals surface area contributed by atoms with Gasteiger partial charge < -0.3 is 10.6 Å². The first-order valence-electron chi connectivity index (χ1n) is 5.75. The van der Waals surface area contributed by atoms with Crippen LogP contribution in [0.4, 0.5) is 0 Å². The molecule has 1 aliphatic rings. The number of hydrogen-bond acceptors (Lipinski definition) is 2. The van der Waals surface area contributed by atoms with E-state index in [-0.39, 0.29) is 11.9 Å². The van der Waals surface area contributed by atoms with Gasteiger partial charge in [-0.15, -0.1) is 0 Å². The van der Waals surface area contributed by atoms with Crippen molar-refractivity contribution in [2.45, 2.75) is 45.6 Å². The third kappa shape index (κ3) is 4.61. The fourth-order valence-corrected chi connectivity index (χ4v) is 1.40. The Hall–Kier alpha value is -0.570. The van der Waals surface area contributed by atoms with Crippen LogP contribution in [0.15, 0.2) is 0 Å². The third-order valence-electron chi connectivity index (χ3n) is 2.64. The topological polar surface area (TPSA) is 41.1 Å². The molecule has 1 aliphatic carbocycles. The lowest BCUT2D eigenvalue weighted by Gasteiger charge is -2.13. The summed E-state index contributed by atoms with van der Waals surface area (Å²) >= 11 is 0. The Morgan fingerprint density at radius 2 is 2.14 bits per heavy atom. The van der Waals surface area contributed by atoms with Crippen LogP contribution < -0.4 is 10.6 Å². The molecule has 0 aromatic carbocycles. The fraction of sp³-hybridized carbons (Fsp3) is 0.909. The zero-order valence-electron chi connectivity index (χ0n) is 9.31. The van der Waals surface area contributed by atoms with E-state index in [1.165, 1.54) is 19.3 Å². The van der Waals surface area contributed by atoms with Gasteiger partial charge in [0.25, 0.3) is 0 Å². The second kappa shape index (κ2) is 6.02. The summed E-state index contributed by atoms with van der Waals surface area (Å²) in [5, 5.41) is 6.13. The van der Waals surface area contributed by atoms with Crippen molar-refractivity contribution >= 4 is 5.91 Å². The molecule has 0 saturated heterocycles. The zero-order chi connectivity index (χ0) is 10.4. The average molecular weight is 198 g/mol. The molecule has 14 heavy (non-hydrogen) atoms. The second-order valence-electron chi connectivity index (χ2n) is 4.20. The van der Waals surface area contributed by atoms with Crippen molar-refractivity contribution in [3.05, 3.63) is 0 Å². The number of carbonyl (C=O) groups is 1. The Morgan fingerprint density at radius 1 is 1.43 bits per heavy atom. The maximum atomic E-state index is 11.4. The Bertz CT molecular complexity index is 178. The Morgan fingerprint density at radius 3 is 2.71 bits per heavy atom. The number of amides is 1. The lowest BCUT2D eigenvalue weighted by molar-refractivity contribution is -0.122. The van der Waals surface area contributed by atoms with Crippen molar-refractivity contribution in [2.75, 3.05) is 13.1 Å². The van der Waals surface area contributed by atoms with Crippen LogP contribution in [-0.4, -0.2) is 25.0 Å². The molecule has 0 aromatic rings. The van der Waals surface area contributed by atoms with Gasteiger partial charge in [-0.3, -0.25) is 4.79 Å². The number of hydrogen-bond donors (Lipinski definition) is 2. The minimum absolute atomic E-state index is 0.0414. The van der Waals surface area contributed by atoms with Crippen molar-refractivity contribution in [3.8, 4) is 0 Å². The van der Waals surface area contributed by atoms with Gasteiger partial charge in [0.1, 0.15) is 0 Å². The van der Waals surface area contributed by atoms with Crippen LogP contribution in [-0.2, 0) is 4.79 Å². The summed E-state index contributed by atoms with van der Waals surface area (Å²) in [4.78, 5) is 11.4. The van der Waals surface area contributed by atoms with Crippen LogP contribution >= 0.6 is 0 Å². The van der Waals surface area contributed by atoms with Gasteiger partial charge in [0.05, 0.1) is 6.04 Å². The molecule has 1 amide bonds. The van der Waals surface area contributed by atoms with Gasteiger partial charge in [0.15, 0.2) is 0 Å². The summed E-state index contributed by atoms with van der Waals surface area (Å²) in [5.41, 5.74) is 0. The van der Waals surface area contributed by atoms with Gasteiger partial charge in [0.2, 0.25) is 5.91 Å². The summed E-state index contributed by atoms with van der Waals surface area (Å²) in [7, 11) is 0. The molecule has 1 unspecified atom stereocenters. The number of nitrogens with one attached hydrogen (secondary N) is 2. The highest BCUT2D eigenvalue weighted by atomic mass is 16.2. The summed E-state index contributed by atoms with van der Waals surface area (Å²) in [6, 6.07) is -0.0414. The molecule has 1 fully saturated rings. The molecule has 0 heterocycles. The van der Waals surface area contributed by atoms with E-state index in [1.54, 1.807) is 0 Å². The molecule has 0 spiro atoms. The molecule has 2 N–H and O–H groups in total. The van der Waals surface area contributed by atoms with Crippen LogP contribution in [0, 0.1) is 5.92 Å². The minimum atomic E-state index is -0.0414. The van der Waals surface area contributed by atoms with E-state index in [4.69, 9.17) is 0 Å². The van der Waals surface area contributed by atoms with Crippen LogP contribution in [0.1, 0.15) is 39.5 Å². The molecule has 3 nitrogen and oxygen atoms in total. The van der Waals surface area contributed by atoms with Crippen molar-refractivity contribution in [2.24, 2.45) is 5.92 Å². The predicted octanol–water partition coefficient (Wildman–Crippen LogP) is 1.29. The SMILES string of the molecule is CCCNC(=O)C(C)NCCC1CC1. The van der Waals surface area contributed by atoms with Gasteiger partial charge in [0, 0.05) is 6.54 Å². The summed E-state index contributed by atoms with van der Waals surface area (Å²) < 4.78 is 0. The van der Waals surface area contributed by atoms with Crippen molar-refractivity contribution in [3.63, 3.8) is 0 Å². The van der Waals surface area contributed by atoms with Crippen LogP contribution in [0.3, 0.4) is 0 Å². The quantitative estimate of drug-likeness (QED) is 0.647. The van der Waals surface area contributed by atoms with Gasteiger partial charge >= 0.3 is 0 Å². The van der Waals surface area contributed by atoms with Crippen LogP contribution in [0.5, 0.6) is 0 Å². The average Bonchev–Trinajstić information content (AvgIpc) is 2.97. The third-order valence-corrected chi connectivity index (χ3v) is 2.64. The Labute approximate surface area is 86.6 Å². The van der Waals surface area contributed by atoms with Crippen LogP contribution in [0.25, 0.3) is 0 Å². The Balaban J connectivity index is 2.00. The monoisotopic (exact) mass is 198 g/mol. The first-order chi connectivity index (χ1) is 6.74. The van der Waals surface area contributed by atoms with E-state index >= 15 is 0 Å². The predicted molar refractivity (Wildman–Crippen MR) is 58.1 cm³/mol.